The Kier molecular flexibility index (Phi) is 7.02. The SMILES string of the molecule is COc1cc(OC)cc(C(=O)[C@H]2[C@H](C)[C@@H](COS(C)(=O)=O)CC3C(C)(C)CCC[C@@]32C)c1. The average molecular weight is 467 g/mol. The Morgan fingerprint density at radius 2 is 1.66 bits per heavy atom. The van der Waals surface area contributed by atoms with Gasteiger partial charge in [0.25, 0.3) is 10.1 Å². The number of Topliss-reactive ketones (excluding diaryl/α,β-unsaturated/α-hetero) is 1. The molecule has 3 rings (SSSR count). The first-order chi connectivity index (χ1) is 14.8. The molecule has 180 valence electrons. The molecular weight excluding hydrogens is 428 g/mol. The summed E-state index contributed by atoms with van der Waals surface area (Å²) in [6.45, 7) is 9.04. The normalized spacial score (nSPS) is 32.1. The van der Waals surface area contributed by atoms with E-state index in [1.165, 1.54) is 0 Å². The quantitative estimate of drug-likeness (QED) is 0.417. The van der Waals surface area contributed by atoms with Crippen LogP contribution in [-0.4, -0.2) is 41.3 Å². The summed E-state index contributed by atoms with van der Waals surface area (Å²) in [6.07, 6.45) is 5.13. The van der Waals surface area contributed by atoms with Gasteiger partial charge in [-0.05, 0) is 60.0 Å². The van der Waals surface area contributed by atoms with Crippen LogP contribution in [0.15, 0.2) is 18.2 Å². The van der Waals surface area contributed by atoms with Crippen molar-refractivity contribution in [3.8, 4) is 11.5 Å². The second-order valence-corrected chi connectivity index (χ2v) is 12.3. The van der Waals surface area contributed by atoms with Crippen LogP contribution < -0.4 is 9.47 Å². The molecule has 2 fully saturated rings. The van der Waals surface area contributed by atoms with Crippen LogP contribution in [0.2, 0.25) is 0 Å². The third-order valence-electron chi connectivity index (χ3n) is 8.21. The smallest absolute Gasteiger partial charge is 0.264 e. The van der Waals surface area contributed by atoms with Gasteiger partial charge in [-0.25, -0.2) is 0 Å². The van der Waals surface area contributed by atoms with Crippen molar-refractivity contribution in [1.29, 1.82) is 0 Å². The Hall–Kier alpha value is -1.60. The largest absolute Gasteiger partial charge is 0.497 e. The molecule has 5 atom stereocenters. The Morgan fingerprint density at radius 3 is 2.19 bits per heavy atom. The highest BCUT2D eigenvalue weighted by Crippen LogP contribution is 2.63. The molecule has 2 saturated carbocycles. The zero-order valence-electron chi connectivity index (χ0n) is 20.4. The van der Waals surface area contributed by atoms with Crippen molar-refractivity contribution in [3.05, 3.63) is 23.8 Å². The van der Waals surface area contributed by atoms with Crippen molar-refractivity contribution in [2.24, 2.45) is 34.5 Å². The van der Waals surface area contributed by atoms with Crippen molar-refractivity contribution in [1.82, 2.24) is 0 Å². The van der Waals surface area contributed by atoms with E-state index in [1.807, 2.05) is 0 Å². The summed E-state index contributed by atoms with van der Waals surface area (Å²) in [5.41, 5.74) is 0.475. The third kappa shape index (κ3) is 4.84. The van der Waals surface area contributed by atoms with Gasteiger partial charge in [0.15, 0.2) is 5.78 Å². The summed E-state index contributed by atoms with van der Waals surface area (Å²) in [6, 6.07) is 5.32. The number of carbonyl (C=O) groups excluding carboxylic acids is 1. The van der Waals surface area contributed by atoms with Gasteiger partial charge in [0.05, 0.1) is 27.1 Å². The predicted octanol–water partition coefficient (Wildman–Crippen LogP) is 4.97. The topological polar surface area (TPSA) is 78.9 Å². The number of ether oxygens (including phenoxy) is 2. The standard InChI is InChI=1S/C25H38O6S/c1-16-18(15-31-32(7,27)28)13-21-24(2,3)9-8-10-25(21,4)22(16)23(26)17-11-19(29-5)14-20(12-17)30-6/h11-12,14,16,18,21-22H,8-10,13,15H2,1-7H3/t16-,18-,21?,22-,25+/m1/s1. The van der Waals surface area contributed by atoms with Crippen molar-refractivity contribution in [2.45, 2.75) is 53.4 Å². The fourth-order valence-electron chi connectivity index (χ4n) is 6.61. The Labute approximate surface area is 193 Å². The zero-order valence-corrected chi connectivity index (χ0v) is 21.3. The third-order valence-corrected chi connectivity index (χ3v) is 8.77. The van der Waals surface area contributed by atoms with Gasteiger partial charge in [-0.2, -0.15) is 8.42 Å². The van der Waals surface area contributed by atoms with E-state index in [0.29, 0.717) is 23.0 Å². The molecule has 0 aliphatic heterocycles. The maximum Gasteiger partial charge on any atom is 0.264 e. The first kappa shape index (κ1) is 25.0. The van der Waals surface area contributed by atoms with Crippen LogP contribution in [-0.2, 0) is 14.3 Å². The lowest BCUT2D eigenvalue weighted by Crippen LogP contribution is -2.56. The number of fused-ring (bicyclic) bond motifs is 1. The van der Waals surface area contributed by atoms with E-state index in [9.17, 15) is 13.2 Å². The van der Waals surface area contributed by atoms with Gasteiger partial charge in [-0.3, -0.25) is 8.98 Å². The zero-order chi connectivity index (χ0) is 23.9. The fraction of sp³-hybridized carbons (Fsp3) is 0.720. The predicted molar refractivity (Wildman–Crippen MR) is 125 cm³/mol. The Morgan fingerprint density at radius 1 is 1.06 bits per heavy atom. The number of ketones is 1. The molecule has 0 heterocycles. The van der Waals surface area contributed by atoms with E-state index in [2.05, 4.69) is 27.7 Å². The van der Waals surface area contributed by atoms with Gasteiger partial charge in [0.1, 0.15) is 11.5 Å². The highest BCUT2D eigenvalue weighted by atomic mass is 32.2. The van der Waals surface area contributed by atoms with E-state index in [1.54, 1.807) is 32.4 Å². The van der Waals surface area contributed by atoms with Gasteiger partial charge in [0, 0.05) is 17.5 Å². The summed E-state index contributed by atoms with van der Waals surface area (Å²) in [4.78, 5) is 14.1. The molecule has 1 aromatic carbocycles. The first-order valence-corrected chi connectivity index (χ1v) is 13.3. The minimum atomic E-state index is -3.55. The van der Waals surface area contributed by atoms with Crippen LogP contribution in [0.5, 0.6) is 11.5 Å². The molecule has 0 aromatic heterocycles. The summed E-state index contributed by atoms with van der Waals surface area (Å²) < 4.78 is 39.5. The van der Waals surface area contributed by atoms with Crippen LogP contribution in [0, 0.1) is 34.5 Å². The van der Waals surface area contributed by atoms with Crippen molar-refractivity contribution in [2.75, 3.05) is 27.1 Å². The van der Waals surface area contributed by atoms with Gasteiger partial charge < -0.3 is 9.47 Å². The molecule has 32 heavy (non-hydrogen) atoms. The Bertz CT molecular complexity index is 931. The monoisotopic (exact) mass is 466 g/mol. The second-order valence-electron chi connectivity index (χ2n) is 10.7. The molecule has 0 saturated heterocycles. The number of benzene rings is 1. The van der Waals surface area contributed by atoms with Crippen LogP contribution in [0.4, 0.5) is 0 Å². The average Bonchev–Trinajstić information content (AvgIpc) is 2.70. The van der Waals surface area contributed by atoms with E-state index < -0.39 is 10.1 Å². The van der Waals surface area contributed by atoms with Crippen LogP contribution in [0.3, 0.4) is 0 Å². The van der Waals surface area contributed by atoms with E-state index in [-0.39, 0.29) is 41.0 Å². The summed E-state index contributed by atoms with van der Waals surface area (Å²) >= 11 is 0. The molecular formula is C25H38O6S. The van der Waals surface area contributed by atoms with Gasteiger partial charge >= 0.3 is 0 Å². The van der Waals surface area contributed by atoms with Gasteiger partial charge in [-0.15, -0.1) is 0 Å². The number of rotatable bonds is 7. The molecule has 2 aliphatic rings. The van der Waals surface area contributed by atoms with E-state index >= 15 is 0 Å². The maximum atomic E-state index is 14.1. The minimum Gasteiger partial charge on any atom is -0.497 e. The molecule has 6 nitrogen and oxygen atoms in total. The number of methoxy groups -OCH3 is 2. The molecule has 0 radical (unpaired) electrons. The number of hydrogen-bond donors (Lipinski definition) is 0. The van der Waals surface area contributed by atoms with Crippen LogP contribution in [0.25, 0.3) is 0 Å². The van der Waals surface area contributed by atoms with Crippen molar-refractivity contribution >= 4 is 15.9 Å². The molecule has 0 bridgehead atoms. The van der Waals surface area contributed by atoms with Crippen LogP contribution in [0.1, 0.15) is 63.7 Å². The molecule has 0 N–H and O–H groups in total. The highest BCUT2D eigenvalue weighted by Gasteiger charge is 2.58. The minimum absolute atomic E-state index is 0.0124. The maximum absolute atomic E-state index is 14.1. The van der Waals surface area contributed by atoms with Gasteiger partial charge in [-0.1, -0.05) is 34.1 Å². The fourth-order valence-corrected chi connectivity index (χ4v) is 7.04. The lowest BCUT2D eigenvalue weighted by molar-refractivity contribution is -0.107. The number of carbonyl (C=O) groups is 1. The van der Waals surface area contributed by atoms with Gasteiger partial charge in [0.2, 0.25) is 0 Å². The number of hydrogen-bond acceptors (Lipinski definition) is 6. The van der Waals surface area contributed by atoms with Crippen molar-refractivity contribution < 1.29 is 26.9 Å². The van der Waals surface area contributed by atoms with E-state index in [0.717, 1.165) is 31.9 Å². The molecule has 2 aliphatic carbocycles. The van der Waals surface area contributed by atoms with Crippen molar-refractivity contribution in [3.63, 3.8) is 0 Å². The lowest BCUT2D eigenvalue weighted by Gasteiger charge is -2.60. The molecule has 1 aromatic rings. The lowest BCUT2D eigenvalue weighted by atomic mass is 9.44. The summed E-state index contributed by atoms with van der Waals surface area (Å²) in [7, 11) is -0.396. The summed E-state index contributed by atoms with van der Waals surface area (Å²) in [5.74, 6) is 1.26. The summed E-state index contributed by atoms with van der Waals surface area (Å²) in [5, 5.41) is 0. The molecule has 0 spiro atoms. The molecule has 0 amide bonds. The first-order valence-electron chi connectivity index (χ1n) is 11.4. The molecule has 1 unspecified atom stereocenters. The van der Waals surface area contributed by atoms with E-state index in [4.69, 9.17) is 13.7 Å². The second kappa shape index (κ2) is 8.98. The molecule has 7 heteroatoms. The highest BCUT2D eigenvalue weighted by molar-refractivity contribution is 7.85. The van der Waals surface area contributed by atoms with Crippen LogP contribution >= 0.6 is 0 Å². The Balaban J connectivity index is 2.06.